The van der Waals surface area contributed by atoms with E-state index in [0.29, 0.717) is 46.2 Å². The largest absolute Gasteiger partial charge is 0.455 e. The lowest BCUT2D eigenvalue weighted by Crippen LogP contribution is -2.22. The molecule has 1 aliphatic carbocycles. The number of nitro benzene ring substituents is 1. The lowest BCUT2D eigenvalue weighted by atomic mass is 9.93. The summed E-state index contributed by atoms with van der Waals surface area (Å²) >= 11 is 5.98. The smallest absolute Gasteiger partial charge is 0.291 e. The second-order valence-electron chi connectivity index (χ2n) is 7.48. The van der Waals surface area contributed by atoms with Gasteiger partial charge in [-0.1, -0.05) is 17.7 Å². The Labute approximate surface area is 193 Å². The summed E-state index contributed by atoms with van der Waals surface area (Å²) in [4.78, 5) is 35.5. The summed E-state index contributed by atoms with van der Waals surface area (Å²) in [5, 5.41) is 18.3. The van der Waals surface area contributed by atoms with Gasteiger partial charge in [-0.3, -0.25) is 19.7 Å². The molecule has 0 bridgehead atoms. The van der Waals surface area contributed by atoms with Crippen molar-refractivity contribution < 1.29 is 18.9 Å². The van der Waals surface area contributed by atoms with Gasteiger partial charge in [0.05, 0.1) is 10.6 Å². The molecular formula is C23H19ClN4O5. The van der Waals surface area contributed by atoms with E-state index in [1.807, 2.05) is 0 Å². The molecular weight excluding hydrogens is 448 g/mol. The number of nitro groups is 1. The number of nitrogens with zero attached hydrogens (tertiary/aromatic N) is 2. The van der Waals surface area contributed by atoms with Gasteiger partial charge in [-0.15, -0.1) is 0 Å². The van der Waals surface area contributed by atoms with Gasteiger partial charge in [0.1, 0.15) is 5.76 Å². The number of hydrogen-bond acceptors (Lipinski definition) is 6. The Kier molecular flexibility index (Phi) is 6.23. The van der Waals surface area contributed by atoms with E-state index in [0.717, 1.165) is 6.42 Å². The van der Waals surface area contributed by atoms with Crippen molar-refractivity contribution in [3.05, 3.63) is 91.9 Å². The van der Waals surface area contributed by atoms with Crippen LogP contribution in [0.3, 0.4) is 0 Å². The fraction of sp³-hybridized carbons (Fsp3) is 0.174. The molecule has 2 N–H and O–H groups in total. The van der Waals surface area contributed by atoms with Crippen molar-refractivity contribution in [2.75, 3.05) is 5.32 Å². The molecule has 0 saturated carbocycles. The van der Waals surface area contributed by atoms with Crippen molar-refractivity contribution in [2.24, 2.45) is 5.10 Å². The number of furan rings is 1. The average molecular weight is 467 g/mol. The standard InChI is InChI=1S/C23H19ClN4O5/c1-13-20-18(26-27-22(29)14-8-10-17(11-9-14)28(31)32)6-3-7-19(20)33-21(13)23(30)25-16-5-2-4-15(24)12-16/h2,4-5,8-12H,3,6-7H2,1H3,(H,25,30)(H,27,29)/b26-18+. The Morgan fingerprint density at radius 2 is 1.88 bits per heavy atom. The zero-order valence-corrected chi connectivity index (χ0v) is 18.3. The molecule has 1 aromatic heterocycles. The van der Waals surface area contributed by atoms with Gasteiger partial charge in [0, 0.05) is 46.0 Å². The van der Waals surface area contributed by atoms with E-state index in [1.54, 1.807) is 31.2 Å². The van der Waals surface area contributed by atoms with Crippen LogP contribution >= 0.6 is 11.6 Å². The van der Waals surface area contributed by atoms with Crippen LogP contribution in [0.2, 0.25) is 5.02 Å². The van der Waals surface area contributed by atoms with Crippen molar-refractivity contribution >= 4 is 40.5 Å². The van der Waals surface area contributed by atoms with Crippen molar-refractivity contribution in [3.8, 4) is 0 Å². The van der Waals surface area contributed by atoms with E-state index in [1.165, 1.54) is 24.3 Å². The molecule has 168 valence electrons. The van der Waals surface area contributed by atoms with Crippen molar-refractivity contribution in [2.45, 2.75) is 26.2 Å². The minimum atomic E-state index is -0.534. The third kappa shape index (κ3) is 4.78. The minimum Gasteiger partial charge on any atom is -0.455 e. The molecule has 0 unspecified atom stereocenters. The molecule has 3 aromatic rings. The van der Waals surface area contributed by atoms with Crippen LogP contribution in [-0.4, -0.2) is 22.4 Å². The first-order valence-electron chi connectivity index (χ1n) is 10.1. The average Bonchev–Trinajstić information content (AvgIpc) is 3.15. The number of nitrogens with one attached hydrogen (secondary N) is 2. The maximum atomic E-state index is 12.8. The van der Waals surface area contributed by atoms with E-state index < -0.39 is 16.7 Å². The molecule has 4 rings (SSSR count). The number of anilines is 1. The van der Waals surface area contributed by atoms with Gasteiger partial charge in [-0.05, 0) is 50.1 Å². The van der Waals surface area contributed by atoms with Crippen LogP contribution in [0.5, 0.6) is 0 Å². The van der Waals surface area contributed by atoms with Crippen molar-refractivity contribution in [1.29, 1.82) is 0 Å². The molecule has 0 radical (unpaired) electrons. The minimum absolute atomic E-state index is 0.104. The fourth-order valence-electron chi connectivity index (χ4n) is 3.67. The van der Waals surface area contributed by atoms with E-state index in [2.05, 4.69) is 15.8 Å². The molecule has 0 aliphatic heterocycles. The van der Waals surface area contributed by atoms with Crippen LogP contribution in [0.1, 0.15) is 50.6 Å². The molecule has 0 saturated heterocycles. The predicted octanol–water partition coefficient (Wildman–Crippen LogP) is 4.87. The van der Waals surface area contributed by atoms with E-state index >= 15 is 0 Å². The number of carbonyl (C=O) groups excluding carboxylic acids is 2. The van der Waals surface area contributed by atoms with Crippen molar-refractivity contribution in [3.63, 3.8) is 0 Å². The Morgan fingerprint density at radius 1 is 1.12 bits per heavy atom. The van der Waals surface area contributed by atoms with Crippen LogP contribution in [0, 0.1) is 17.0 Å². The van der Waals surface area contributed by atoms with Gasteiger partial charge >= 0.3 is 0 Å². The number of aryl methyl sites for hydroxylation is 1. The van der Waals surface area contributed by atoms with Gasteiger partial charge in [-0.25, -0.2) is 5.43 Å². The molecule has 0 atom stereocenters. The quantitative estimate of drug-likeness (QED) is 0.409. The Hall–Kier alpha value is -3.98. The first-order chi connectivity index (χ1) is 15.8. The molecule has 2 aromatic carbocycles. The van der Waals surface area contributed by atoms with Crippen LogP contribution in [-0.2, 0) is 6.42 Å². The van der Waals surface area contributed by atoms with Gasteiger partial charge in [-0.2, -0.15) is 5.10 Å². The Bertz CT molecular complexity index is 1280. The number of hydrazone groups is 1. The SMILES string of the molecule is Cc1c(C(=O)Nc2cccc(Cl)c2)oc2c1/C(=N/NC(=O)c1ccc([N+](=O)[O-])cc1)CCC2. The van der Waals surface area contributed by atoms with Crippen molar-refractivity contribution in [1.82, 2.24) is 5.43 Å². The molecule has 10 heteroatoms. The lowest BCUT2D eigenvalue weighted by molar-refractivity contribution is -0.384. The van der Waals surface area contributed by atoms with Crippen LogP contribution in [0.25, 0.3) is 0 Å². The molecule has 2 amide bonds. The summed E-state index contributed by atoms with van der Waals surface area (Å²) in [6.45, 7) is 1.77. The first-order valence-corrected chi connectivity index (χ1v) is 10.5. The Morgan fingerprint density at radius 3 is 2.58 bits per heavy atom. The van der Waals surface area contributed by atoms with Crippen LogP contribution in [0.4, 0.5) is 11.4 Å². The highest BCUT2D eigenvalue weighted by Crippen LogP contribution is 2.30. The predicted molar refractivity (Wildman–Crippen MR) is 123 cm³/mol. The van der Waals surface area contributed by atoms with Crippen LogP contribution < -0.4 is 10.7 Å². The normalized spacial score (nSPS) is 13.9. The number of carbonyl (C=O) groups is 2. The number of rotatable bonds is 5. The number of fused-ring (bicyclic) bond motifs is 1. The second-order valence-corrected chi connectivity index (χ2v) is 7.91. The highest BCUT2D eigenvalue weighted by molar-refractivity contribution is 6.31. The molecule has 33 heavy (non-hydrogen) atoms. The topological polar surface area (TPSA) is 127 Å². The van der Waals surface area contributed by atoms with Gasteiger partial charge in [0.15, 0.2) is 5.76 Å². The molecule has 0 fully saturated rings. The number of benzene rings is 2. The van der Waals surface area contributed by atoms with Gasteiger partial charge in [0.2, 0.25) is 0 Å². The van der Waals surface area contributed by atoms with E-state index in [4.69, 9.17) is 16.0 Å². The summed E-state index contributed by atoms with van der Waals surface area (Å²) in [6.07, 6.45) is 2.00. The van der Waals surface area contributed by atoms with Gasteiger partial charge in [0.25, 0.3) is 17.5 Å². The molecule has 1 heterocycles. The van der Waals surface area contributed by atoms with E-state index in [9.17, 15) is 19.7 Å². The molecule has 1 aliphatic rings. The lowest BCUT2D eigenvalue weighted by Gasteiger charge is -2.13. The zero-order chi connectivity index (χ0) is 23.5. The Balaban J connectivity index is 1.54. The summed E-state index contributed by atoms with van der Waals surface area (Å²) in [5.74, 6) is -0.0855. The maximum absolute atomic E-state index is 12.8. The number of non-ortho nitro benzene ring substituents is 1. The number of halogens is 1. The fourth-order valence-corrected chi connectivity index (χ4v) is 3.86. The third-order valence-corrected chi connectivity index (χ3v) is 5.48. The zero-order valence-electron chi connectivity index (χ0n) is 17.6. The van der Waals surface area contributed by atoms with Crippen LogP contribution in [0.15, 0.2) is 58.0 Å². The summed E-state index contributed by atoms with van der Waals surface area (Å²) < 4.78 is 5.86. The summed E-state index contributed by atoms with van der Waals surface area (Å²) in [5.41, 5.74) is 5.12. The summed E-state index contributed by atoms with van der Waals surface area (Å²) in [7, 11) is 0. The first kappa shape index (κ1) is 22.2. The number of amides is 2. The van der Waals surface area contributed by atoms with Gasteiger partial charge < -0.3 is 9.73 Å². The maximum Gasteiger partial charge on any atom is 0.291 e. The number of hydrogen-bond donors (Lipinski definition) is 2. The third-order valence-electron chi connectivity index (χ3n) is 5.25. The highest BCUT2D eigenvalue weighted by Gasteiger charge is 2.28. The second kappa shape index (κ2) is 9.25. The molecule has 9 nitrogen and oxygen atoms in total. The van der Waals surface area contributed by atoms with E-state index in [-0.39, 0.29) is 17.0 Å². The highest BCUT2D eigenvalue weighted by atomic mass is 35.5. The molecule has 0 spiro atoms. The monoisotopic (exact) mass is 466 g/mol. The summed E-state index contributed by atoms with van der Waals surface area (Å²) in [6, 6.07) is 12.0.